The van der Waals surface area contributed by atoms with Crippen LogP contribution in [0.2, 0.25) is 0 Å². The second-order valence-electron chi connectivity index (χ2n) is 7.90. The average molecular weight is 410 g/mol. The predicted octanol–water partition coefficient (Wildman–Crippen LogP) is 2.84. The van der Waals surface area contributed by atoms with E-state index in [1.54, 1.807) is 21.8 Å². The van der Waals surface area contributed by atoms with Crippen LogP contribution in [-0.4, -0.2) is 64.3 Å². The molecule has 0 aromatic carbocycles. The van der Waals surface area contributed by atoms with Gasteiger partial charge in [-0.2, -0.15) is 4.52 Å². The Kier molecular flexibility index (Phi) is 5.00. The Bertz CT molecular complexity index is 1220. The van der Waals surface area contributed by atoms with Gasteiger partial charge in [-0.3, -0.25) is 4.98 Å². The molecule has 5 rings (SSSR count). The van der Waals surface area contributed by atoms with Crippen LogP contribution in [0.3, 0.4) is 0 Å². The molecule has 1 aliphatic rings. The molecule has 0 fully saturated rings. The minimum absolute atomic E-state index is 0.291. The molecule has 0 saturated heterocycles. The van der Waals surface area contributed by atoms with Crippen LogP contribution in [0.25, 0.3) is 27.6 Å². The van der Waals surface area contributed by atoms with Gasteiger partial charge < -0.3 is 14.2 Å². The molecule has 0 atom stereocenters. The molecule has 4 aromatic heterocycles. The Morgan fingerprint density at radius 2 is 1.97 bits per heavy atom. The van der Waals surface area contributed by atoms with E-state index in [0.717, 1.165) is 27.8 Å². The summed E-state index contributed by atoms with van der Waals surface area (Å²) in [6.45, 7) is 11.4. The lowest BCUT2D eigenvalue weighted by Gasteiger charge is -2.26. The monoisotopic (exact) mass is 410 g/mol. The van der Waals surface area contributed by atoms with Crippen LogP contribution in [0, 0.1) is 0 Å². The standard InChI is InChI=1S/C18H20N8O2.C2H6/c1-18(2,3)28-17(27)24-7-5-13-20-14-15(25(13)9-8-24)11-4-6-19-10-12(11)26-16(14)21-22-23-26;1-2/h4,6,10H,5,7-9H2,1-3H3;1-2H3. The lowest BCUT2D eigenvalue weighted by atomic mass is 10.2. The third-order valence-electron chi connectivity index (χ3n) is 4.86. The lowest BCUT2D eigenvalue weighted by Crippen LogP contribution is -2.38. The van der Waals surface area contributed by atoms with Crippen LogP contribution in [0.5, 0.6) is 0 Å². The molecule has 0 bridgehead atoms. The number of nitrogens with zero attached hydrogens (tertiary/aromatic N) is 8. The third kappa shape index (κ3) is 3.31. The van der Waals surface area contributed by atoms with Gasteiger partial charge in [-0.15, -0.1) is 5.10 Å². The highest BCUT2D eigenvalue weighted by Gasteiger charge is 2.27. The van der Waals surface area contributed by atoms with Crippen LogP contribution in [0.4, 0.5) is 4.79 Å². The maximum atomic E-state index is 12.5. The summed E-state index contributed by atoms with van der Waals surface area (Å²) in [4.78, 5) is 23.3. The van der Waals surface area contributed by atoms with E-state index in [0.29, 0.717) is 31.7 Å². The molecule has 0 unspecified atom stereocenters. The Morgan fingerprint density at radius 1 is 1.17 bits per heavy atom. The molecule has 0 radical (unpaired) electrons. The first-order chi connectivity index (χ1) is 14.4. The molecule has 0 spiro atoms. The zero-order valence-corrected chi connectivity index (χ0v) is 18.0. The summed E-state index contributed by atoms with van der Waals surface area (Å²) in [5, 5.41) is 13.0. The van der Waals surface area contributed by atoms with Crippen LogP contribution in [-0.2, 0) is 17.7 Å². The largest absolute Gasteiger partial charge is 0.444 e. The molecule has 10 nitrogen and oxygen atoms in total. The maximum absolute atomic E-state index is 12.5. The molecule has 10 heteroatoms. The quantitative estimate of drug-likeness (QED) is 0.439. The van der Waals surface area contributed by atoms with Gasteiger partial charge in [-0.1, -0.05) is 13.8 Å². The van der Waals surface area contributed by atoms with Crippen molar-refractivity contribution in [2.24, 2.45) is 0 Å². The minimum atomic E-state index is -0.515. The van der Waals surface area contributed by atoms with Crippen molar-refractivity contribution in [2.75, 3.05) is 13.1 Å². The number of rotatable bonds is 0. The third-order valence-corrected chi connectivity index (χ3v) is 4.86. The van der Waals surface area contributed by atoms with Crippen molar-refractivity contribution in [1.82, 2.24) is 39.5 Å². The van der Waals surface area contributed by atoms with E-state index >= 15 is 0 Å². The first kappa shape index (κ1) is 20.0. The first-order valence-electron chi connectivity index (χ1n) is 10.2. The fourth-order valence-corrected chi connectivity index (χ4v) is 3.69. The van der Waals surface area contributed by atoms with Gasteiger partial charge in [-0.25, -0.2) is 9.78 Å². The van der Waals surface area contributed by atoms with Crippen molar-refractivity contribution >= 4 is 33.7 Å². The van der Waals surface area contributed by atoms with E-state index in [9.17, 15) is 4.79 Å². The first-order valence-corrected chi connectivity index (χ1v) is 10.2. The zero-order valence-electron chi connectivity index (χ0n) is 18.0. The zero-order chi connectivity index (χ0) is 21.5. The topological polar surface area (TPSA) is 103 Å². The van der Waals surface area contributed by atoms with E-state index in [-0.39, 0.29) is 6.09 Å². The molecule has 1 aliphatic heterocycles. The van der Waals surface area contributed by atoms with Crippen LogP contribution >= 0.6 is 0 Å². The van der Waals surface area contributed by atoms with E-state index in [1.165, 1.54) is 0 Å². The fraction of sp³-hybridized carbons (Fsp3) is 0.500. The fourth-order valence-electron chi connectivity index (χ4n) is 3.69. The number of hydrogen-bond acceptors (Lipinski definition) is 7. The number of fused-ring (bicyclic) bond motifs is 8. The van der Waals surface area contributed by atoms with Crippen molar-refractivity contribution in [1.29, 1.82) is 0 Å². The number of amides is 1. The highest BCUT2D eigenvalue weighted by molar-refractivity contribution is 6.08. The number of pyridine rings is 2. The minimum Gasteiger partial charge on any atom is -0.444 e. The molecule has 0 N–H and O–H groups in total. The Labute approximate surface area is 173 Å². The number of carbonyl (C=O) groups is 1. The Balaban J connectivity index is 0.00000106. The number of hydrogen-bond donors (Lipinski definition) is 0. The number of imidazole rings is 1. The highest BCUT2D eigenvalue weighted by Crippen LogP contribution is 2.29. The molecule has 0 saturated carbocycles. The lowest BCUT2D eigenvalue weighted by molar-refractivity contribution is 0.0254. The summed E-state index contributed by atoms with van der Waals surface area (Å²) in [5.41, 5.74) is 2.66. The van der Waals surface area contributed by atoms with E-state index in [1.807, 2.05) is 40.7 Å². The van der Waals surface area contributed by atoms with Gasteiger partial charge in [0.25, 0.3) is 0 Å². The van der Waals surface area contributed by atoms with Crippen molar-refractivity contribution < 1.29 is 9.53 Å². The van der Waals surface area contributed by atoms with Gasteiger partial charge >= 0.3 is 6.09 Å². The van der Waals surface area contributed by atoms with Gasteiger partial charge in [0.05, 0.1) is 17.2 Å². The predicted molar refractivity (Wildman–Crippen MR) is 112 cm³/mol. The number of aromatic nitrogens is 7. The van der Waals surface area contributed by atoms with Gasteiger partial charge in [0.2, 0.25) is 5.65 Å². The average Bonchev–Trinajstić information content (AvgIpc) is 3.28. The maximum Gasteiger partial charge on any atom is 0.410 e. The summed E-state index contributed by atoms with van der Waals surface area (Å²) in [6, 6.07) is 1.95. The van der Waals surface area contributed by atoms with Crippen LogP contribution in [0.15, 0.2) is 18.5 Å². The van der Waals surface area contributed by atoms with Crippen molar-refractivity contribution in [3.8, 4) is 0 Å². The molecule has 158 valence electrons. The normalized spacial score (nSPS) is 14.4. The van der Waals surface area contributed by atoms with Gasteiger partial charge in [0.15, 0.2) is 0 Å². The molecule has 0 aliphatic carbocycles. The van der Waals surface area contributed by atoms with Gasteiger partial charge in [0.1, 0.15) is 16.9 Å². The SMILES string of the molecule is CC.CC(C)(C)OC(=O)N1CCc2nc3c(c4ccncc4n4nnnc34)n2CC1. The summed E-state index contributed by atoms with van der Waals surface area (Å²) in [6.07, 6.45) is 3.85. The van der Waals surface area contributed by atoms with Crippen molar-refractivity contribution in [3.05, 3.63) is 24.3 Å². The summed E-state index contributed by atoms with van der Waals surface area (Å²) < 4.78 is 9.37. The second-order valence-corrected chi connectivity index (χ2v) is 7.90. The summed E-state index contributed by atoms with van der Waals surface area (Å²) in [7, 11) is 0. The smallest absolute Gasteiger partial charge is 0.410 e. The molecule has 1 amide bonds. The van der Waals surface area contributed by atoms with Crippen LogP contribution < -0.4 is 0 Å². The number of tetrazole rings is 1. The highest BCUT2D eigenvalue weighted by atomic mass is 16.6. The van der Waals surface area contributed by atoms with E-state index in [2.05, 4.69) is 25.1 Å². The second kappa shape index (κ2) is 7.51. The van der Waals surface area contributed by atoms with Crippen molar-refractivity contribution in [2.45, 2.75) is 53.2 Å². The van der Waals surface area contributed by atoms with Gasteiger partial charge in [0, 0.05) is 37.6 Å². The Morgan fingerprint density at radius 3 is 2.73 bits per heavy atom. The van der Waals surface area contributed by atoms with E-state index < -0.39 is 5.60 Å². The molecule has 4 aromatic rings. The Hall–Kier alpha value is -3.30. The number of ether oxygens (including phenoxy) is 1. The van der Waals surface area contributed by atoms with Crippen molar-refractivity contribution in [3.63, 3.8) is 0 Å². The number of carbonyl (C=O) groups excluding carboxylic acids is 1. The van der Waals surface area contributed by atoms with Gasteiger partial charge in [-0.05, 0) is 37.3 Å². The van der Waals surface area contributed by atoms with E-state index in [4.69, 9.17) is 9.72 Å². The molecular weight excluding hydrogens is 384 g/mol. The molecular formula is C20H26N8O2. The summed E-state index contributed by atoms with van der Waals surface area (Å²) in [5.74, 6) is 0.912. The molecule has 5 heterocycles. The van der Waals surface area contributed by atoms with Crippen LogP contribution in [0.1, 0.15) is 40.4 Å². The summed E-state index contributed by atoms with van der Waals surface area (Å²) >= 11 is 0. The molecule has 30 heavy (non-hydrogen) atoms.